The van der Waals surface area contributed by atoms with E-state index in [4.69, 9.17) is 10.5 Å². The maximum atomic E-state index is 13.9. The molecular weight excluding hydrogens is 235 g/mol. The van der Waals surface area contributed by atoms with Gasteiger partial charge < -0.3 is 10.5 Å². The number of nitrogens with two attached hydrogens (primary N) is 1. The number of aromatic nitrogens is 3. The molecule has 96 valence electrons. The Kier molecular flexibility index (Phi) is 3.57. The zero-order valence-electron chi connectivity index (χ0n) is 10.3. The Labute approximate surface area is 104 Å². The van der Waals surface area contributed by atoms with Crippen LogP contribution < -0.4 is 10.5 Å². The van der Waals surface area contributed by atoms with E-state index in [0.29, 0.717) is 17.8 Å². The quantitative estimate of drug-likeness (QED) is 0.892. The van der Waals surface area contributed by atoms with Gasteiger partial charge in [0.25, 0.3) is 0 Å². The molecule has 1 atom stereocenters. The standard InChI is InChI=1S/C12H15FN4O/c1-8(14)10-7-17(16-15-10)6-9-4-3-5-11(18-2)12(9)13/h3-5,7-8H,6,14H2,1-2H3. The summed E-state index contributed by atoms with van der Waals surface area (Å²) >= 11 is 0. The molecule has 6 heteroatoms. The van der Waals surface area contributed by atoms with E-state index in [0.717, 1.165) is 0 Å². The molecule has 0 saturated carbocycles. The fourth-order valence-electron chi connectivity index (χ4n) is 1.61. The SMILES string of the molecule is COc1cccc(Cn2cc(C(C)N)nn2)c1F. The van der Waals surface area contributed by atoms with Crippen molar-refractivity contribution in [2.75, 3.05) is 7.11 Å². The number of benzene rings is 1. The lowest BCUT2D eigenvalue weighted by atomic mass is 10.2. The Morgan fingerprint density at radius 3 is 2.89 bits per heavy atom. The Bertz CT molecular complexity index is 539. The molecule has 0 bridgehead atoms. The topological polar surface area (TPSA) is 66.0 Å². The van der Waals surface area contributed by atoms with Crippen molar-refractivity contribution in [1.29, 1.82) is 0 Å². The van der Waals surface area contributed by atoms with Crippen molar-refractivity contribution in [1.82, 2.24) is 15.0 Å². The lowest BCUT2D eigenvalue weighted by molar-refractivity contribution is 0.383. The Morgan fingerprint density at radius 1 is 1.50 bits per heavy atom. The van der Waals surface area contributed by atoms with E-state index in [1.54, 1.807) is 29.1 Å². The van der Waals surface area contributed by atoms with Gasteiger partial charge >= 0.3 is 0 Å². The average molecular weight is 250 g/mol. The van der Waals surface area contributed by atoms with Gasteiger partial charge in [-0.05, 0) is 13.0 Å². The monoisotopic (exact) mass is 250 g/mol. The Hall–Kier alpha value is -1.95. The van der Waals surface area contributed by atoms with Gasteiger partial charge in [0, 0.05) is 11.6 Å². The second-order valence-electron chi connectivity index (χ2n) is 4.06. The Morgan fingerprint density at radius 2 is 2.28 bits per heavy atom. The minimum absolute atomic E-state index is 0.186. The Balaban J connectivity index is 2.23. The first kappa shape index (κ1) is 12.5. The van der Waals surface area contributed by atoms with Crippen LogP contribution in [0, 0.1) is 5.82 Å². The summed E-state index contributed by atoms with van der Waals surface area (Å²) in [4.78, 5) is 0. The third-order valence-electron chi connectivity index (χ3n) is 2.62. The molecule has 2 aromatic rings. The average Bonchev–Trinajstić information content (AvgIpc) is 2.80. The maximum Gasteiger partial charge on any atom is 0.170 e. The molecule has 1 aromatic carbocycles. The van der Waals surface area contributed by atoms with Crippen LogP contribution in [0.5, 0.6) is 5.75 Å². The van der Waals surface area contributed by atoms with Crippen LogP contribution in [0.1, 0.15) is 24.2 Å². The summed E-state index contributed by atoms with van der Waals surface area (Å²) in [6, 6.07) is 4.81. The highest BCUT2D eigenvalue weighted by Crippen LogP contribution is 2.20. The number of rotatable bonds is 4. The van der Waals surface area contributed by atoms with E-state index in [-0.39, 0.29) is 17.6 Å². The van der Waals surface area contributed by atoms with Gasteiger partial charge in [-0.15, -0.1) is 5.10 Å². The van der Waals surface area contributed by atoms with Crippen LogP contribution in [0.15, 0.2) is 24.4 Å². The largest absolute Gasteiger partial charge is 0.494 e. The number of ether oxygens (including phenoxy) is 1. The second kappa shape index (κ2) is 5.14. The highest BCUT2D eigenvalue weighted by atomic mass is 19.1. The number of hydrogen-bond donors (Lipinski definition) is 1. The van der Waals surface area contributed by atoms with Crippen molar-refractivity contribution in [3.8, 4) is 5.75 Å². The molecule has 0 saturated heterocycles. The number of methoxy groups -OCH3 is 1. The third-order valence-corrected chi connectivity index (χ3v) is 2.62. The molecule has 0 aliphatic carbocycles. The van der Waals surface area contributed by atoms with E-state index in [1.807, 2.05) is 6.92 Å². The van der Waals surface area contributed by atoms with Crippen LogP contribution in [0.2, 0.25) is 0 Å². The minimum Gasteiger partial charge on any atom is -0.494 e. The molecule has 0 spiro atoms. The molecule has 2 N–H and O–H groups in total. The van der Waals surface area contributed by atoms with E-state index in [2.05, 4.69) is 10.3 Å². The normalized spacial score (nSPS) is 12.4. The molecule has 0 aliphatic heterocycles. The van der Waals surface area contributed by atoms with E-state index >= 15 is 0 Å². The summed E-state index contributed by atoms with van der Waals surface area (Å²) in [7, 11) is 1.44. The summed E-state index contributed by atoms with van der Waals surface area (Å²) in [6.45, 7) is 2.11. The van der Waals surface area contributed by atoms with E-state index in [1.165, 1.54) is 7.11 Å². The van der Waals surface area contributed by atoms with Gasteiger partial charge in [-0.3, -0.25) is 0 Å². The van der Waals surface area contributed by atoms with Gasteiger partial charge in [0.05, 0.1) is 25.5 Å². The van der Waals surface area contributed by atoms with Gasteiger partial charge in [0.1, 0.15) is 0 Å². The first-order valence-corrected chi connectivity index (χ1v) is 5.58. The molecular formula is C12H15FN4O. The van der Waals surface area contributed by atoms with E-state index < -0.39 is 0 Å². The zero-order valence-corrected chi connectivity index (χ0v) is 10.3. The van der Waals surface area contributed by atoms with Gasteiger partial charge in [-0.2, -0.15) is 0 Å². The van der Waals surface area contributed by atoms with E-state index in [9.17, 15) is 4.39 Å². The highest BCUT2D eigenvalue weighted by Gasteiger charge is 2.10. The van der Waals surface area contributed by atoms with Gasteiger partial charge in [-0.1, -0.05) is 17.3 Å². The summed E-state index contributed by atoms with van der Waals surface area (Å²) in [5, 5.41) is 7.83. The predicted molar refractivity (Wildman–Crippen MR) is 64.7 cm³/mol. The van der Waals surface area contributed by atoms with Crippen LogP contribution in [-0.2, 0) is 6.54 Å². The van der Waals surface area contributed by atoms with Crippen molar-refractivity contribution in [2.45, 2.75) is 19.5 Å². The second-order valence-corrected chi connectivity index (χ2v) is 4.06. The fourth-order valence-corrected chi connectivity index (χ4v) is 1.61. The predicted octanol–water partition coefficient (Wildman–Crippen LogP) is 1.49. The fraction of sp³-hybridized carbons (Fsp3) is 0.333. The molecule has 1 aromatic heterocycles. The zero-order chi connectivity index (χ0) is 13.1. The molecule has 18 heavy (non-hydrogen) atoms. The van der Waals surface area contributed by atoms with Crippen LogP contribution >= 0.6 is 0 Å². The smallest absolute Gasteiger partial charge is 0.170 e. The molecule has 0 aliphatic rings. The summed E-state index contributed by atoms with van der Waals surface area (Å²) in [5.41, 5.74) is 6.86. The van der Waals surface area contributed by atoms with Crippen molar-refractivity contribution in [2.24, 2.45) is 5.73 Å². The van der Waals surface area contributed by atoms with Crippen molar-refractivity contribution < 1.29 is 9.13 Å². The third kappa shape index (κ3) is 2.48. The van der Waals surface area contributed by atoms with Crippen molar-refractivity contribution in [3.63, 3.8) is 0 Å². The van der Waals surface area contributed by atoms with Gasteiger partial charge in [0.2, 0.25) is 0 Å². The van der Waals surface area contributed by atoms with Crippen LogP contribution in [-0.4, -0.2) is 22.1 Å². The molecule has 2 rings (SSSR count). The lowest BCUT2D eigenvalue weighted by Gasteiger charge is -2.06. The van der Waals surface area contributed by atoms with Crippen LogP contribution in [0.4, 0.5) is 4.39 Å². The molecule has 5 nitrogen and oxygen atoms in total. The molecule has 1 heterocycles. The van der Waals surface area contributed by atoms with Crippen LogP contribution in [0.25, 0.3) is 0 Å². The molecule has 0 amide bonds. The summed E-state index contributed by atoms with van der Waals surface area (Å²) in [5.74, 6) is -0.155. The summed E-state index contributed by atoms with van der Waals surface area (Å²) in [6.07, 6.45) is 1.71. The molecule has 0 fully saturated rings. The molecule has 1 unspecified atom stereocenters. The first-order valence-electron chi connectivity index (χ1n) is 5.58. The molecule has 0 radical (unpaired) electrons. The summed E-state index contributed by atoms with van der Waals surface area (Å²) < 4.78 is 20.4. The number of halogens is 1. The van der Waals surface area contributed by atoms with Crippen LogP contribution in [0.3, 0.4) is 0 Å². The number of nitrogens with zero attached hydrogens (tertiary/aromatic N) is 3. The van der Waals surface area contributed by atoms with Crippen molar-refractivity contribution >= 4 is 0 Å². The first-order chi connectivity index (χ1) is 8.61. The highest BCUT2D eigenvalue weighted by molar-refractivity contribution is 5.31. The van der Waals surface area contributed by atoms with Gasteiger partial charge in [-0.25, -0.2) is 9.07 Å². The maximum absolute atomic E-state index is 13.9. The van der Waals surface area contributed by atoms with Crippen molar-refractivity contribution in [3.05, 3.63) is 41.5 Å². The van der Waals surface area contributed by atoms with Gasteiger partial charge in [0.15, 0.2) is 11.6 Å². The number of hydrogen-bond acceptors (Lipinski definition) is 4. The lowest BCUT2D eigenvalue weighted by Crippen LogP contribution is -2.05. The minimum atomic E-state index is -0.377.